The highest BCUT2D eigenvalue weighted by Gasteiger charge is 2.06. The molecule has 0 aliphatic carbocycles. The smallest absolute Gasteiger partial charge is 0.137 e. The van der Waals surface area contributed by atoms with E-state index in [0.29, 0.717) is 92.1 Å². The summed E-state index contributed by atoms with van der Waals surface area (Å²) in [5, 5.41) is 0. The zero-order chi connectivity index (χ0) is 20.9. The molecular weight excluding hydrogens is 368 g/mol. The molecule has 0 N–H and O–H groups in total. The molecule has 0 aliphatic rings. The second-order valence-electron chi connectivity index (χ2n) is 6.50. The van der Waals surface area contributed by atoms with E-state index in [9.17, 15) is 9.59 Å². The predicted octanol–water partition coefficient (Wildman–Crippen LogP) is 1.68. The van der Waals surface area contributed by atoms with Crippen molar-refractivity contribution in [2.75, 3.05) is 79.3 Å². The summed E-state index contributed by atoms with van der Waals surface area (Å²) < 4.78 is 32.1. The zero-order valence-corrected chi connectivity index (χ0v) is 17.7. The van der Waals surface area contributed by atoms with Gasteiger partial charge in [-0.1, -0.05) is 13.8 Å². The van der Waals surface area contributed by atoms with Crippen LogP contribution in [0, 0.1) is 5.92 Å². The molecule has 8 nitrogen and oxygen atoms in total. The van der Waals surface area contributed by atoms with Crippen molar-refractivity contribution in [1.29, 1.82) is 0 Å². The Morgan fingerprint density at radius 1 is 0.536 bits per heavy atom. The fourth-order valence-electron chi connectivity index (χ4n) is 1.88. The lowest BCUT2D eigenvalue weighted by Crippen LogP contribution is -2.15. The predicted molar refractivity (Wildman–Crippen MR) is 105 cm³/mol. The van der Waals surface area contributed by atoms with E-state index < -0.39 is 0 Å². The quantitative estimate of drug-likeness (QED) is 0.251. The maximum absolute atomic E-state index is 11.4. The van der Waals surface area contributed by atoms with Crippen LogP contribution in [0.5, 0.6) is 0 Å². The van der Waals surface area contributed by atoms with E-state index in [4.69, 9.17) is 28.4 Å². The second-order valence-corrected chi connectivity index (χ2v) is 6.50. The van der Waals surface area contributed by atoms with Crippen molar-refractivity contribution in [1.82, 2.24) is 0 Å². The van der Waals surface area contributed by atoms with Gasteiger partial charge in [0.25, 0.3) is 0 Å². The molecular formula is C20H38O8. The van der Waals surface area contributed by atoms with Crippen LogP contribution in [0.25, 0.3) is 0 Å². The molecule has 0 aliphatic heterocycles. The Morgan fingerprint density at radius 3 is 1.11 bits per heavy atom. The lowest BCUT2D eigenvalue weighted by molar-refractivity contribution is -0.123. The van der Waals surface area contributed by atoms with Gasteiger partial charge in [0.15, 0.2) is 0 Å². The molecule has 0 atom stereocenters. The highest BCUT2D eigenvalue weighted by Crippen LogP contribution is 1.98. The van der Waals surface area contributed by atoms with E-state index >= 15 is 0 Å². The Morgan fingerprint density at radius 2 is 0.821 bits per heavy atom. The van der Waals surface area contributed by atoms with Crippen molar-refractivity contribution in [3.63, 3.8) is 0 Å². The minimum absolute atomic E-state index is 0.0671. The molecule has 0 unspecified atom stereocenters. The molecule has 0 saturated heterocycles. The minimum atomic E-state index is 0.0671. The molecule has 0 fully saturated rings. The summed E-state index contributed by atoms with van der Waals surface area (Å²) in [4.78, 5) is 22.1. The van der Waals surface area contributed by atoms with Crippen molar-refractivity contribution in [3.05, 3.63) is 0 Å². The average Bonchev–Trinajstić information content (AvgIpc) is 2.65. The number of hydrogen-bond donors (Lipinski definition) is 0. The summed E-state index contributed by atoms with van der Waals surface area (Å²) in [6.45, 7) is 11.2. The molecule has 0 radical (unpaired) electrons. The third kappa shape index (κ3) is 21.4. The van der Waals surface area contributed by atoms with Crippen LogP contribution >= 0.6 is 0 Å². The fraction of sp³-hybridized carbons (Fsp3) is 0.900. The van der Waals surface area contributed by atoms with Gasteiger partial charge in [-0.3, -0.25) is 9.59 Å². The van der Waals surface area contributed by atoms with Crippen molar-refractivity contribution in [2.24, 2.45) is 5.92 Å². The van der Waals surface area contributed by atoms with Gasteiger partial charge in [0.05, 0.1) is 79.3 Å². The SMILES string of the molecule is CC(=O)CCOCCOCCOCCOCCOCCOCCC(=O)C(C)C. The van der Waals surface area contributed by atoms with E-state index in [2.05, 4.69) is 0 Å². The van der Waals surface area contributed by atoms with Crippen molar-refractivity contribution in [2.45, 2.75) is 33.6 Å². The standard InChI is InChI=1S/C20H38O8/c1-18(2)20(22)5-7-24-9-11-26-13-15-28-17-16-27-14-12-25-10-8-23-6-4-19(3)21/h18H,4-17H2,1-3H3. The topological polar surface area (TPSA) is 89.5 Å². The first-order valence-electron chi connectivity index (χ1n) is 10.0. The highest BCUT2D eigenvalue weighted by atomic mass is 16.6. The number of rotatable bonds is 22. The molecule has 0 heterocycles. The number of ketones is 2. The first-order valence-corrected chi connectivity index (χ1v) is 10.0. The third-order valence-electron chi connectivity index (χ3n) is 3.60. The fourth-order valence-corrected chi connectivity index (χ4v) is 1.88. The van der Waals surface area contributed by atoms with Gasteiger partial charge in [-0.2, -0.15) is 0 Å². The molecule has 0 rings (SSSR count). The van der Waals surface area contributed by atoms with Gasteiger partial charge < -0.3 is 28.4 Å². The molecule has 8 heteroatoms. The molecule has 0 spiro atoms. The summed E-state index contributed by atoms with van der Waals surface area (Å²) in [6.07, 6.45) is 0.906. The van der Waals surface area contributed by atoms with Gasteiger partial charge >= 0.3 is 0 Å². The number of carbonyl (C=O) groups excluding carboxylic acids is 2. The molecule has 0 saturated carbocycles. The summed E-state index contributed by atoms with van der Waals surface area (Å²) in [5.74, 6) is 0.416. The van der Waals surface area contributed by atoms with Crippen LogP contribution in [0.4, 0.5) is 0 Å². The van der Waals surface area contributed by atoms with E-state index in [-0.39, 0.29) is 17.5 Å². The molecule has 0 aromatic heterocycles. The van der Waals surface area contributed by atoms with Gasteiger partial charge in [-0.05, 0) is 6.92 Å². The van der Waals surface area contributed by atoms with Crippen molar-refractivity contribution in [3.8, 4) is 0 Å². The van der Waals surface area contributed by atoms with Crippen LogP contribution in [0.15, 0.2) is 0 Å². The van der Waals surface area contributed by atoms with Crippen LogP contribution in [0.2, 0.25) is 0 Å². The molecule has 28 heavy (non-hydrogen) atoms. The van der Waals surface area contributed by atoms with E-state index in [1.165, 1.54) is 0 Å². The van der Waals surface area contributed by atoms with Gasteiger partial charge in [0, 0.05) is 18.8 Å². The Kier molecular flexibility index (Phi) is 20.2. The summed E-state index contributed by atoms with van der Waals surface area (Å²) in [5.41, 5.74) is 0. The Bertz CT molecular complexity index is 373. The summed E-state index contributed by atoms with van der Waals surface area (Å²) in [7, 11) is 0. The van der Waals surface area contributed by atoms with E-state index in [0.717, 1.165) is 0 Å². The molecule has 166 valence electrons. The Balaban J connectivity index is 3.07. The maximum Gasteiger partial charge on any atom is 0.137 e. The van der Waals surface area contributed by atoms with Crippen LogP contribution < -0.4 is 0 Å². The van der Waals surface area contributed by atoms with Crippen LogP contribution in [-0.4, -0.2) is 90.8 Å². The number of Topliss-reactive ketones (excluding diaryl/α,β-unsaturated/α-hetero) is 2. The normalized spacial score (nSPS) is 11.3. The number of carbonyl (C=O) groups is 2. The lowest BCUT2D eigenvalue weighted by Gasteiger charge is -2.08. The first-order chi connectivity index (χ1) is 13.5. The average molecular weight is 407 g/mol. The number of ether oxygens (including phenoxy) is 6. The number of hydrogen-bond acceptors (Lipinski definition) is 8. The maximum atomic E-state index is 11.4. The largest absolute Gasteiger partial charge is 0.379 e. The molecule has 0 bridgehead atoms. The van der Waals surface area contributed by atoms with Gasteiger partial charge in [-0.15, -0.1) is 0 Å². The Labute approximate surface area is 169 Å². The van der Waals surface area contributed by atoms with Gasteiger partial charge in [0.1, 0.15) is 11.6 Å². The van der Waals surface area contributed by atoms with Crippen molar-refractivity contribution >= 4 is 11.6 Å². The summed E-state index contributed by atoms with van der Waals surface area (Å²) >= 11 is 0. The second kappa shape index (κ2) is 20.8. The summed E-state index contributed by atoms with van der Waals surface area (Å²) in [6, 6.07) is 0. The molecule has 0 amide bonds. The monoisotopic (exact) mass is 406 g/mol. The lowest BCUT2D eigenvalue weighted by atomic mass is 10.1. The van der Waals surface area contributed by atoms with Crippen molar-refractivity contribution < 1.29 is 38.0 Å². The molecule has 0 aromatic rings. The van der Waals surface area contributed by atoms with E-state index in [1.54, 1.807) is 6.92 Å². The first kappa shape index (κ1) is 27.1. The molecule has 0 aromatic carbocycles. The minimum Gasteiger partial charge on any atom is -0.379 e. The Hall–Kier alpha value is -0.900. The van der Waals surface area contributed by atoms with E-state index in [1.807, 2.05) is 13.8 Å². The van der Waals surface area contributed by atoms with Crippen LogP contribution in [-0.2, 0) is 38.0 Å². The van der Waals surface area contributed by atoms with Crippen LogP contribution in [0.3, 0.4) is 0 Å². The third-order valence-corrected chi connectivity index (χ3v) is 3.60. The zero-order valence-electron chi connectivity index (χ0n) is 17.7. The highest BCUT2D eigenvalue weighted by molar-refractivity contribution is 5.80. The van der Waals surface area contributed by atoms with Gasteiger partial charge in [0.2, 0.25) is 0 Å². The van der Waals surface area contributed by atoms with Crippen LogP contribution in [0.1, 0.15) is 33.6 Å². The van der Waals surface area contributed by atoms with Gasteiger partial charge in [-0.25, -0.2) is 0 Å².